The molecule has 3 aromatic rings. The van der Waals surface area contributed by atoms with Gasteiger partial charge in [-0.2, -0.15) is 10.2 Å². The van der Waals surface area contributed by atoms with E-state index in [9.17, 15) is 4.79 Å². The van der Waals surface area contributed by atoms with Gasteiger partial charge in [-0.25, -0.2) is 19.3 Å². The van der Waals surface area contributed by atoms with E-state index in [1.165, 1.54) is 6.33 Å². The summed E-state index contributed by atoms with van der Waals surface area (Å²) in [5, 5.41) is 9.47. The highest BCUT2D eigenvalue weighted by Gasteiger charge is 2.26. The molecule has 0 unspecified atom stereocenters. The minimum absolute atomic E-state index is 0.0107. The molecule has 3 aromatic heterocycles. The first kappa shape index (κ1) is 15.7. The van der Waals surface area contributed by atoms with Gasteiger partial charge in [-0.05, 0) is 32.8 Å². The van der Waals surface area contributed by atoms with Crippen molar-refractivity contribution < 1.29 is 4.79 Å². The molecule has 0 aromatic carbocycles. The molecule has 8 heteroatoms. The summed E-state index contributed by atoms with van der Waals surface area (Å²) in [5.74, 6) is 0.0107. The summed E-state index contributed by atoms with van der Waals surface area (Å²) in [6, 6.07) is 2.30. The second-order valence-corrected chi connectivity index (χ2v) is 6.74. The lowest BCUT2D eigenvalue weighted by Gasteiger charge is -2.32. The van der Waals surface area contributed by atoms with E-state index in [4.69, 9.17) is 0 Å². The predicted molar refractivity (Wildman–Crippen MR) is 92.1 cm³/mol. The molecular weight excluding hydrogens is 318 g/mol. The topological polar surface area (TPSA) is 81.7 Å². The van der Waals surface area contributed by atoms with Crippen LogP contribution in [0.3, 0.4) is 0 Å². The zero-order valence-corrected chi connectivity index (χ0v) is 14.4. The number of likely N-dealkylation sites (tertiary alicyclic amines) is 1. The molecule has 0 saturated carbocycles. The van der Waals surface area contributed by atoms with E-state index in [-0.39, 0.29) is 18.0 Å². The van der Waals surface area contributed by atoms with Crippen molar-refractivity contribution in [2.45, 2.75) is 38.8 Å². The van der Waals surface area contributed by atoms with E-state index >= 15 is 0 Å². The van der Waals surface area contributed by atoms with Crippen molar-refractivity contribution >= 4 is 16.9 Å². The van der Waals surface area contributed by atoms with E-state index in [1.807, 2.05) is 20.3 Å². The number of rotatable bonds is 3. The molecular formula is C17H21N7O. The van der Waals surface area contributed by atoms with E-state index in [2.05, 4.69) is 34.0 Å². The van der Waals surface area contributed by atoms with Crippen molar-refractivity contribution in [3.63, 3.8) is 0 Å². The molecule has 0 aliphatic carbocycles. The number of carbonyl (C=O) groups is 1. The lowest BCUT2D eigenvalue weighted by molar-refractivity contribution is 0.0672. The van der Waals surface area contributed by atoms with Crippen molar-refractivity contribution in [3.05, 3.63) is 36.7 Å². The summed E-state index contributed by atoms with van der Waals surface area (Å²) in [6.45, 7) is 5.52. The normalized spacial score (nSPS) is 18.2. The first-order valence-electron chi connectivity index (χ1n) is 8.60. The van der Waals surface area contributed by atoms with Gasteiger partial charge in [0.15, 0.2) is 5.65 Å². The summed E-state index contributed by atoms with van der Waals surface area (Å²) in [5.41, 5.74) is 1.42. The van der Waals surface area contributed by atoms with Gasteiger partial charge in [-0.15, -0.1) is 0 Å². The predicted octanol–water partition coefficient (Wildman–Crippen LogP) is 2.08. The van der Waals surface area contributed by atoms with Crippen LogP contribution < -0.4 is 0 Å². The van der Waals surface area contributed by atoms with Gasteiger partial charge in [0.25, 0.3) is 5.91 Å². The Bertz CT molecular complexity index is 884. The maximum atomic E-state index is 12.9. The average Bonchev–Trinajstić information content (AvgIpc) is 3.30. The van der Waals surface area contributed by atoms with Gasteiger partial charge in [0.2, 0.25) is 0 Å². The van der Waals surface area contributed by atoms with Crippen LogP contribution in [0.2, 0.25) is 0 Å². The fourth-order valence-corrected chi connectivity index (χ4v) is 3.38. The van der Waals surface area contributed by atoms with Gasteiger partial charge in [0.1, 0.15) is 12.7 Å². The molecule has 8 nitrogen and oxygen atoms in total. The Morgan fingerprint density at radius 1 is 1.28 bits per heavy atom. The van der Waals surface area contributed by atoms with Crippen molar-refractivity contribution in [2.24, 2.45) is 0 Å². The Morgan fingerprint density at radius 3 is 2.92 bits per heavy atom. The molecule has 0 radical (unpaired) electrons. The third-order valence-corrected chi connectivity index (χ3v) is 4.66. The maximum absolute atomic E-state index is 12.9. The SMILES string of the molecule is CC(C)n1ncc2cc(C(=O)N3CCC[C@@H](n4cncn4)C3)cnc21. The molecule has 1 fully saturated rings. The lowest BCUT2D eigenvalue weighted by Crippen LogP contribution is -2.40. The Morgan fingerprint density at radius 2 is 2.16 bits per heavy atom. The largest absolute Gasteiger partial charge is 0.336 e. The van der Waals surface area contributed by atoms with Gasteiger partial charge < -0.3 is 4.90 Å². The molecule has 4 rings (SSSR count). The second-order valence-electron chi connectivity index (χ2n) is 6.74. The highest BCUT2D eigenvalue weighted by molar-refractivity contribution is 5.96. The first-order chi connectivity index (χ1) is 12.1. The second kappa shape index (κ2) is 6.27. The van der Waals surface area contributed by atoms with Crippen LogP contribution in [0.5, 0.6) is 0 Å². The number of hydrogen-bond donors (Lipinski definition) is 0. The van der Waals surface area contributed by atoms with Crippen LogP contribution in [0.4, 0.5) is 0 Å². The molecule has 1 aliphatic rings. The van der Waals surface area contributed by atoms with E-state index < -0.39 is 0 Å². The van der Waals surface area contributed by atoms with Crippen molar-refractivity contribution in [2.75, 3.05) is 13.1 Å². The maximum Gasteiger partial charge on any atom is 0.255 e. The fourth-order valence-electron chi connectivity index (χ4n) is 3.38. The van der Waals surface area contributed by atoms with Crippen LogP contribution in [0.15, 0.2) is 31.1 Å². The quantitative estimate of drug-likeness (QED) is 0.730. The molecule has 0 bridgehead atoms. The van der Waals surface area contributed by atoms with E-state index in [0.29, 0.717) is 12.1 Å². The smallest absolute Gasteiger partial charge is 0.255 e. The van der Waals surface area contributed by atoms with Gasteiger partial charge in [-0.3, -0.25) is 4.79 Å². The van der Waals surface area contributed by atoms with Crippen LogP contribution in [-0.2, 0) is 0 Å². The zero-order valence-electron chi connectivity index (χ0n) is 14.4. The van der Waals surface area contributed by atoms with Gasteiger partial charge in [-0.1, -0.05) is 0 Å². The highest BCUT2D eigenvalue weighted by Crippen LogP contribution is 2.23. The minimum atomic E-state index is 0.0107. The van der Waals surface area contributed by atoms with Crippen LogP contribution in [0, 0.1) is 0 Å². The molecule has 1 aliphatic heterocycles. The Labute approximate surface area is 145 Å². The number of carbonyl (C=O) groups excluding carboxylic acids is 1. The zero-order chi connectivity index (χ0) is 17.4. The van der Waals surface area contributed by atoms with Gasteiger partial charge in [0, 0.05) is 30.7 Å². The number of fused-ring (bicyclic) bond motifs is 1. The number of hydrogen-bond acceptors (Lipinski definition) is 5. The third kappa shape index (κ3) is 2.88. The number of pyridine rings is 1. The average molecular weight is 339 g/mol. The highest BCUT2D eigenvalue weighted by atomic mass is 16.2. The van der Waals surface area contributed by atoms with Crippen LogP contribution in [-0.4, -0.2) is 53.4 Å². The van der Waals surface area contributed by atoms with E-state index in [1.54, 1.807) is 18.7 Å². The lowest BCUT2D eigenvalue weighted by atomic mass is 10.0. The Kier molecular flexibility index (Phi) is 3.95. The molecule has 0 N–H and O–H groups in total. The minimum Gasteiger partial charge on any atom is -0.336 e. The molecule has 0 spiro atoms. The number of amides is 1. The van der Waals surface area contributed by atoms with Crippen LogP contribution in [0.1, 0.15) is 49.1 Å². The fraction of sp³-hybridized carbons (Fsp3) is 0.471. The third-order valence-electron chi connectivity index (χ3n) is 4.66. The van der Waals surface area contributed by atoms with Crippen molar-refractivity contribution in [1.29, 1.82) is 0 Å². The van der Waals surface area contributed by atoms with Crippen LogP contribution in [0.25, 0.3) is 11.0 Å². The van der Waals surface area contributed by atoms with Crippen molar-refractivity contribution in [1.82, 2.24) is 34.4 Å². The summed E-state index contributed by atoms with van der Waals surface area (Å²) in [7, 11) is 0. The summed E-state index contributed by atoms with van der Waals surface area (Å²) in [6.07, 6.45) is 8.64. The summed E-state index contributed by atoms with van der Waals surface area (Å²) < 4.78 is 3.71. The molecule has 130 valence electrons. The standard InChI is InChI=1S/C17H21N7O/c1-12(2)24-16-13(8-20-24)6-14(7-19-16)17(25)22-5-3-4-15(9-22)23-11-18-10-21-23/h6-8,10-12,15H,3-5,9H2,1-2H3/t15-/m1/s1. The Hall–Kier alpha value is -2.77. The van der Waals surface area contributed by atoms with Crippen LogP contribution >= 0.6 is 0 Å². The number of nitrogens with zero attached hydrogens (tertiary/aromatic N) is 7. The van der Waals surface area contributed by atoms with E-state index in [0.717, 1.165) is 30.4 Å². The first-order valence-corrected chi connectivity index (χ1v) is 8.60. The molecule has 25 heavy (non-hydrogen) atoms. The van der Waals surface area contributed by atoms with Crippen molar-refractivity contribution in [3.8, 4) is 0 Å². The summed E-state index contributed by atoms with van der Waals surface area (Å²) in [4.78, 5) is 23.3. The number of aromatic nitrogens is 6. The summed E-state index contributed by atoms with van der Waals surface area (Å²) >= 11 is 0. The molecule has 4 heterocycles. The monoisotopic (exact) mass is 339 g/mol. The van der Waals surface area contributed by atoms with Gasteiger partial charge >= 0.3 is 0 Å². The number of piperidine rings is 1. The molecule has 1 atom stereocenters. The Balaban J connectivity index is 1.57. The molecule has 1 saturated heterocycles. The van der Waals surface area contributed by atoms with Gasteiger partial charge in [0.05, 0.1) is 17.8 Å². The molecule has 1 amide bonds.